The second kappa shape index (κ2) is 16.0. The van der Waals surface area contributed by atoms with Gasteiger partial charge in [0.2, 0.25) is 0 Å². The molecule has 3 aromatic heterocycles. The van der Waals surface area contributed by atoms with E-state index in [0.717, 1.165) is 77.3 Å². The molecule has 1 amide bonds. The Balaban J connectivity index is 1.36. The lowest BCUT2D eigenvalue weighted by atomic mass is 9.88. The number of benzene rings is 1. The first kappa shape index (κ1) is 39.1. The lowest BCUT2D eigenvalue weighted by Crippen LogP contribution is -2.48. The van der Waals surface area contributed by atoms with Crippen LogP contribution in [0.1, 0.15) is 58.1 Å². The van der Waals surface area contributed by atoms with Crippen molar-refractivity contribution < 1.29 is 19.0 Å². The number of carbonyl (C=O) groups excluding carboxylic acids is 1. The van der Waals surface area contributed by atoms with Gasteiger partial charge in [-0.05, 0) is 64.6 Å². The van der Waals surface area contributed by atoms with Crippen molar-refractivity contribution in [3.8, 4) is 22.4 Å². The average molecular weight is 757 g/mol. The van der Waals surface area contributed by atoms with E-state index >= 15 is 0 Å². The maximum Gasteiger partial charge on any atom is 0.410 e. The first-order chi connectivity index (χ1) is 25.0. The third-order valence-corrected chi connectivity index (χ3v) is 13.6. The minimum absolute atomic E-state index is 0.125. The number of ether oxygens (including phenoxy) is 3. The summed E-state index contributed by atoms with van der Waals surface area (Å²) in [5.74, 6) is 1.08. The molecule has 3 atom stereocenters. The van der Waals surface area contributed by atoms with Gasteiger partial charge in [0.1, 0.15) is 24.9 Å². The highest BCUT2D eigenvalue weighted by atomic mass is 28.3. The molecule has 0 radical (unpaired) electrons. The van der Waals surface area contributed by atoms with Gasteiger partial charge in [0.05, 0.1) is 11.9 Å². The maximum atomic E-state index is 13.3. The molecule has 5 heterocycles. The van der Waals surface area contributed by atoms with E-state index < -0.39 is 21.7 Å². The lowest BCUT2D eigenvalue weighted by molar-refractivity contribution is 0.00569. The van der Waals surface area contributed by atoms with E-state index in [2.05, 4.69) is 74.5 Å². The zero-order valence-corrected chi connectivity index (χ0v) is 35.4. The van der Waals surface area contributed by atoms with Crippen LogP contribution < -0.4 is 4.90 Å². The summed E-state index contributed by atoms with van der Waals surface area (Å²) < 4.78 is 20.6. The summed E-state index contributed by atoms with van der Waals surface area (Å²) in [5.41, 5.74) is 5.14. The molecule has 0 aliphatic carbocycles. The van der Waals surface area contributed by atoms with Gasteiger partial charge in [-0.15, -0.1) is 0 Å². The van der Waals surface area contributed by atoms with E-state index in [0.29, 0.717) is 26.7 Å². The summed E-state index contributed by atoms with van der Waals surface area (Å²) >= 11 is 0. The van der Waals surface area contributed by atoms with E-state index in [9.17, 15) is 4.79 Å². The number of fused-ring (bicyclic) bond motifs is 3. The van der Waals surface area contributed by atoms with Crippen molar-refractivity contribution in [1.29, 1.82) is 0 Å². The predicted octanol–water partition coefficient (Wildman–Crippen LogP) is 9.53. The smallest absolute Gasteiger partial charge is 0.410 e. The van der Waals surface area contributed by atoms with Crippen LogP contribution in [0.5, 0.6) is 0 Å². The summed E-state index contributed by atoms with van der Waals surface area (Å²) in [6.07, 6.45) is 7.27. The van der Waals surface area contributed by atoms with Gasteiger partial charge in [0.15, 0.2) is 5.65 Å². The highest BCUT2D eigenvalue weighted by Crippen LogP contribution is 2.44. The highest BCUT2D eigenvalue weighted by molar-refractivity contribution is 6.76. The summed E-state index contributed by atoms with van der Waals surface area (Å²) in [5, 5.41) is 4.95. The molecule has 0 spiro atoms. The fourth-order valence-corrected chi connectivity index (χ4v) is 8.76. The second-order valence-electron chi connectivity index (χ2n) is 18.3. The molecule has 286 valence electrons. The molecular formula is C41H60N6O4Si2. The number of hydrogen-bond acceptors (Lipinski definition) is 8. The third-order valence-electron chi connectivity index (χ3n) is 10.2. The summed E-state index contributed by atoms with van der Waals surface area (Å²) in [6, 6.07) is 19.0. The molecule has 53 heavy (non-hydrogen) atoms. The number of aromatic nitrogens is 4. The Bertz CT molecular complexity index is 1800. The standard InChI is InChI=1S/C41H60N6O4Si2/c1-41(2,3)51-40(48)46-33-16-17-34(46)24-32(23-33)37-25-38(45(28-49-19-21-52(4,5)6)29-50-20-22-53(7,8)9)47-39(44-37)35(27-43-47)31-15-18-36(42-26-31)30-13-11-10-12-14-30/h10-15,18,25-27,32-34H,16-17,19-24,28-29H2,1-9H3/t32?,33-,34?/m0/s1. The molecule has 2 saturated heterocycles. The molecular weight excluding hydrogens is 697 g/mol. The van der Waals surface area contributed by atoms with Crippen molar-refractivity contribution in [2.75, 3.05) is 31.6 Å². The van der Waals surface area contributed by atoms with E-state index in [1.807, 2.05) is 60.8 Å². The van der Waals surface area contributed by atoms with Crippen LogP contribution in [0.4, 0.5) is 10.6 Å². The number of hydrogen-bond donors (Lipinski definition) is 0. The zero-order valence-electron chi connectivity index (χ0n) is 33.4. The van der Waals surface area contributed by atoms with Crippen molar-refractivity contribution in [2.45, 2.75) is 121 Å². The van der Waals surface area contributed by atoms with Crippen LogP contribution in [-0.2, 0) is 14.2 Å². The summed E-state index contributed by atoms with van der Waals surface area (Å²) in [7, 11) is -2.54. The Morgan fingerprint density at radius 2 is 1.47 bits per heavy atom. The number of piperidine rings is 1. The number of nitrogens with zero attached hydrogens (tertiary/aromatic N) is 6. The van der Waals surface area contributed by atoms with E-state index in [4.69, 9.17) is 29.3 Å². The normalized spacial score (nSPS) is 19.2. The van der Waals surface area contributed by atoms with E-state index in [-0.39, 0.29) is 24.1 Å². The Labute approximate surface area is 318 Å². The SMILES string of the molecule is CC(C)(C)OC(=O)N1C2CC[C@H]1CC(c1cc(N(COCC[Si](C)(C)C)COCC[Si](C)(C)C)n3ncc(-c4ccc(-c5ccccc5)nc4)c3n1)C2. The predicted molar refractivity (Wildman–Crippen MR) is 219 cm³/mol. The molecule has 6 rings (SSSR count). The molecule has 10 nitrogen and oxygen atoms in total. The van der Waals surface area contributed by atoms with Crippen LogP contribution in [0.15, 0.2) is 60.9 Å². The van der Waals surface area contributed by atoms with Crippen LogP contribution >= 0.6 is 0 Å². The van der Waals surface area contributed by atoms with Gasteiger partial charge < -0.3 is 24.0 Å². The molecule has 12 heteroatoms. The average Bonchev–Trinajstić information content (AvgIpc) is 3.63. The first-order valence-electron chi connectivity index (χ1n) is 19.4. The van der Waals surface area contributed by atoms with E-state index in [1.54, 1.807) is 0 Å². The fraction of sp³-hybridized carbons (Fsp3) is 0.561. The number of pyridine rings is 1. The fourth-order valence-electron chi connectivity index (χ4n) is 7.24. The van der Waals surface area contributed by atoms with E-state index in [1.165, 1.54) is 0 Å². The first-order valence-corrected chi connectivity index (χ1v) is 26.8. The quantitative estimate of drug-likeness (QED) is 0.0714. The maximum absolute atomic E-state index is 13.3. The lowest BCUT2D eigenvalue weighted by Gasteiger charge is -2.39. The van der Waals surface area contributed by atoms with Crippen LogP contribution in [-0.4, -0.2) is 91.1 Å². The Morgan fingerprint density at radius 3 is 2.02 bits per heavy atom. The molecule has 0 N–H and O–H groups in total. The molecule has 0 saturated carbocycles. The van der Waals surface area contributed by atoms with Gasteiger partial charge in [-0.1, -0.05) is 75.7 Å². The number of amides is 1. The minimum atomic E-state index is -1.27. The molecule has 4 aromatic rings. The number of anilines is 1. The van der Waals surface area contributed by atoms with Crippen molar-refractivity contribution in [2.24, 2.45) is 0 Å². The minimum Gasteiger partial charge on any atom is -0.444 e. The van der Waals surface area contributed by atoms with Crippen molar-refractivity contribution in [1.82, 2.24) is 24.5 Å². The molecule has 1 aromatic carbocycles. The van der Waals surface area contributed by atoms with Crippen LogP contribution in [0.25, 0.3) is 28.0 Å². The second-order valence-corrected chi connectivity index (χ2v) is 29.6. The summed E-state index contributed by atoms with van der Waals surface area (Å²) in [6.45, 7) is 22.2. The van der Waals surface area contributed by atoms with Crippen LogP contribution in [0.2, 0.25) is 51.4 Å². The molecule has 2 fully saturated rings. The summed E-state index contributed by atoms with van der Waals surface area (Å²) in [4.78, 5) is 27.7. The zero-order chi connectivity index (χ0) is 38.0. The van der Waals surface area contributed by atoms with Crippen molar-refractivity contribution in [3.05, 3.63) is 66.6 Å². The van der Waals surface area contributed by atoms with Gasteiger partial charge in [-0.25, -0.2) is 9.78 Å². The molecule has 2 aliphatic rings. The largest absolute Gasteiger partial charge is 0.444 e. The Hall–Kier alpha value is -3.59. The molecule has 2 bridgehead atoms. The Morgan fingerprint density at radius 1 is 0.849 bits per heavy atom. The number of rotatable bonds is 14. The monoisotopic (exact) mass is 756 g/mol. The number of carbonyl (C=O) groups is 1. The van der Waals surface area contributed by atoms with Crippen molar-refractivity contribution >= 4 is 33.7 Å². The van der Waals surface area contributed by atoms with Gasteiger partial charge in [-0.3, -0.25) is 4.98 Å². The topological polar surface area (TPSA) is 94.3 Å². The highest BCUT2D eigenvalue weighted by Gasteiger charge is 2.45. The van der Waals surface area contributed by atoms with Crippen LogP contribution in [0, 0.1) is 0 Å². The molecule has 2 unspecified atom stereocenters. The third kappa shape index (κ3) is 10.1. The van der Waals surface area contributed by atoms with Crippen LogP contribution in [0.3, 0.4) is 0 Å². The molecule has 2 aliphatic heterocycles. The van der Waals surface area contributed by atoms with Gasteiger partial charge in [0, 0.05) is 82.0 Å². The van der Waals surface area contributed by atoms with Gasteiger partial charge >= 0.3 is 6.09 Å². The van der Waals surface area contributed by atoms with Gasteiger partial charge in [0.25, 0.3) is 0 Å². The van der Waals surface area contributed by atoms with Gasteiger partial charge in [-0.2, -0.15) is 9.61 Å². The van der Waals surface area contributed by atoms with Crippen molar-refractivity contribution in [3.63, 3.8) is 0 Å². The Kier molecular flexibility index (Phi) is 11.8.